The lowest BCUT2D eigenvalue weighted by Gasteiger charge is -2.08. The van der Waals surface area contributed by atoms with E-state index in [0.717, 1.165) is 0 Å². The standard InChI is InChI=1S/C16H15N3O4/c1-21-11-6-10(7-12(8-11)22-2)17-16(20)14-9-13(18-19-14)15-4-3-5-23-15/h3-9H,1-2H3,(H,17,20)(H,18,19). The monoisotopic (exact) mass is 313 g/mol. The van der Waals surface area contributed by atoms with Gasteiger partial charge in [-0.05, 0) is 12.1 Å². The Morgan fingerprint density at radius 3 is 2.52 bits per heavy atom. The molecule has 0 saturated carbocycles. The summed E-state index contributed by atoms with van der Waals surface area (Å²) in [5.41, 5.74) is 1.43. The van der Waals surface area contributed by atoms with Crippen LogP contribution in [0.25, 0.3) is 11.5 Å². The van der Waals surface area contributed by atoms with Gasteiger partial charge in [0.15, 0.2) is 11.5 Å². The molecule has 0 bridgehead atoms. The second-order valence-corrected chi connectivity index (χ2v) is 4.70. The molecular weight excluding hydrogens is 298 g/mol. The number of ether oxygens (including phenoxy) is 2. The SMILES string of the molecule is COc1cc(NC(=O)c2cc(-c3ccco3)[nH]n2)cc(OC)c1. The summed E-state index contributed by atoms with van der Waals surface area (Å²) in [6.07, 6.45) is 1.55. The molecule has 0 saturated heterocycles. The van der Waals surface area contributed by atoms with E-state index in [1.165, 1.54) is 0 Å². The van der Waals surface area contributed by atoms with Gasteiger partial charge in [0.2, 0.25) is 0 Å². The minimum atomic E-state index is -0.352. The third-order valence-corrected chi connectivity index (χ3v) is 3.21. The minimum absolute atomic E-state index is 0.248. The summed E-state index contributed by atoms with van der Waals surface area (Å²) in [5, 5.41) is 9.51. The van der Waals surface area contributed by atoms with Gasteiger partial charge in [-0.25, -0.2) is 0 Å². The van der Waals surface area contributed by atoms with Crippen LogP contribution in [0.2, 0.25) is 0 Å². The summed E-state index contributed by atoms with van der Waals surface area (Å²) in [6, 6.07) is 10.3. The summed E-state index contributed by atoms with van der Waals surface area (Å²) in [6.45, 7) is 0. The molecule has 0 unspecified atom stereocenters. The van der Waals surface area contributed by atoms with Crippen molar-refractivity contribution in [3.05, 3.63) is 48.4 Å². The molecule has 0 aliphatic carbocycles. The number of aromatic amines is 1. The van der Waals surface area contributed by atoms with E-state index >= 15 is 0 Å². The molecule has 7 nitrogen and oxygen atoms in total. The van der Waals surface area contributed by atoms with Gasteiger partial charge in [0.25, 0.3) is 5.91 Å². The third-order valence-electron chi connectivity index (χ3n) is 3.21. The molecule has 23 heavy (non-hydrogen) atoms. The maximum Gasteiger partial charge on any atom is 0.276 e. The average molecular weight is 313 g/mol. The third kappa shape index (κ3) is 3.18. The Labute approximate surface area is 132 Å². The highest BCUT2D eigenvalue weighted by molar-refractivity contribution is 6.03. The first kappa shape index (κ1) is 14.7. The highest BCUT2D eigenvalue weighted by atomic mass is 16.5. The molecule has 0 fully saturated rings. The van der Waals surface area contributed by atoms with Crippen molar-refractivity contribution < 1.29 is 18.7 Å². The molecule has 1 aromatic carbocycles. The lowest BCUT2D eigenvalue weighted by molar-refractivity contribution is 0.102. The van der Waals surface area contributed by atoms with Crippen molar-refractivity contribution in [1.82, 2.24) is 10.2 Å². The molecule has 2 aromatic heterocycles. The van der Waals surface area contributed by atoms with E-state index in [1.807, 2.05) is 0 Å². The Balaban J connectivity index is 1.79. The molecule has 0 radical (unpaired) electrons. The zero-order valence-electron chi connectivity index (χ0n) is 12.6. The van der Waals surface area contributed by atoms with Crippen molar-refractivity contribution in [3.8, 4) is 23.0 Å². The van der Waals surface area contributed by atoms with E-state index in [1.54, 1.807) is 56.9 Å². The maximum atomic E-state index is 12.3. The van der Waals surface area contributed by atoms with E-state index in [2.05, 4.69) is 15.5 Å². The van der Waals surface area contributed by atoms with Crippen molar-refractivity contribution in [2.24, 2.45) is 0 Å². The Bertz CT molecular complexity index is 786. The van der Waals surface area contributed by atoms with Gasteiger partial charge in [0.1, 0.15) is 17.2 Å². The van der Waals surface area contributed by atoms with Gasteiger partial charge in [0, 0.05) is 30.0 Å². The van der Waals surface area contributed by atoms with Gasteiger partial charge in [-0.3, -0.25) is 9.89 Å². The lowest BCUT2D eigenvalue weighted by Crippen LogP contribution is -2.12. The van der Waals surface area contributed by atoms with Crippen molar-refractivity contribution in [2.45, 2.75) is 0 Å². The van der Waals surface area contributed by atoms with Crippen molar-refractivity contribution in [2.75, 3.05) is 19.5 Å². The fourth-order valence-electron chi connectivity index (χ4n) is 2.07. The Kier molecular flexibility index (Phi) is 4.01. The molecule has 2 heterocycles. The molecule has 0 atom stereocenters. The highest BCUT2D eigenvalue weighted by Crippen LogP contribution is 2.26. The Morgan fingerprint density at radius 1 is 1.17 bits per heavy atom. The molecule has 0 aliphatic rings. The molecule has 2 N–H and O–H groups in total. The van der Waals surface area contributed by atoms with Gasteiger partial charge < -0.3 is 19.2 Å². The highest BCUT2D eigenvalue weighted by Gasteiger charge is 2.14. The first-order valence-corrected chi connectivity index (χ1v) is 6.83. The first-order valence-electron chi connectivity index (χ1n) is 6.83. The quantitative estimate of drug-likeness (QED) is 0.756. The largest absolute Gasteiger partial charge is 0.497 e. The van der Waals surface area contributed by atoms with Crippen molar-refractivity contribution in [1.29, 1.82) is 0 Å². The fraction of sp³-hybridized carbons (Fsp3) is 0.125. The molecule has 7 heteroatoms. The predicted octanol–water partition coefficient (Wildman–Crippen LogP) is 2.94. The van der Waals surface area contributed by atoms with Gasteiger partial charge in [-0.1, -0.05) is 0 Å². The number of nitrogens with one attached hydrogen (secondary N) is 2. The Hall–Kier alpha value is -3.22. The summed E-state index contributed by atoms with van der Waals surface area (Å²) >= 11 is 0. The molecule has 118 valence electrons. The number of rotatable bonds is 5. The van der Waals surface area contributed by atoms with Crippen LogP contribution in [0, 0.1) is 0 Å². The topological polar surface area (TPSA) is 89.4 Å². The number of furan rings is 1. The zero-order chi connectivity index (χ0) is 16.2. The summed E-state index contributed by atoms with van der Waals surface area (Å²) in [7, 11) is 3.09. The minimum Gasteiger partial charge on any atom is -0.497 e. The second-order valence-electron chi connectivity index (χ2n) is 4.70. The number of hydrogen-bond acceptors (Lipinski definition) is 5. The number of H-pyrrole nitrogens is 1. The average Bonchev–Trinajstić information content (AvgIpc) is 3.25. The smallest absolute Gasteiger partial charge is 0.276 e. The first-order chi connectivity index (χ1) is 11.2. The molecule has 0 spiro atoms. The number of nitrogens with zero attached hydrogens (tertiary/aromatic N) is 1. The van der Waals surface area contributed by atoms with Crippen LogP contribution < -0.4 is 14.8 Å². The summed E-state index contributed by atoms with van der Waals surface area (Å²) < 4.78 is 15.6. The summed E-state index contributed by atoms with van der Waals surface area (Å²) in [4.78, 5) is 12.3. The number of carbonyl (C=O) groups excluding carboxylic acids is 1. The van der Waals surface area contributed by atoms with Crippen LogP contribution in [0.1, 0.15) is 10.5 Å². The van der Waals surface area contributed by atoms with Crippen LogP contribution in [-0.4, -0.2) is 30.3 Å². The molecular formula is C16H15N3O4. The number of aromatic nitrogens is 2. The predicted molar refractivity (Wildman–Crippen MR) is 83.8 cm³/mol. The van der Waals surface area contributed by atoms with Crippen LogP contribution in [0.5, 0.6) is 11.5 Å². The maximum absolute atomic E-state index is 12.3. The van der Waals surface area contributed by atoms with Crippen LogP contribution >= 0.6 is 0 Å². The van der Waals surface area contributed by atoms with Crippen LogP contribution in [-0.2, 0) is 0 Å². The van der Waals surface area contributed by atoms with E-state index in [-0.39, 0.29) is 11.6 Å². The van der Waals surface area contributed by atoms with E-state index in [9.17, 15) is 4.79 Å². The van der Waals surface area contributed by atoms with Gasteiger partial charge in [-0.2, -0.15) is 5.10 Å². The number of benzene rings is 1. The lowest BCUT2D eigenvalue weighted by atomic mass is 10.2. The van der Waals surface area contributed by atoms with Gasteiger partial charge >= 0.3 is 0 Å². The zero-order valence-corrected chi connectivity index (χ0v) is 12.6. The molecule has 0 aliphatic heterocycles. The van der Waals surface area contributed by atoms with E-state index in [4.69, 9.17) is 13.9 Å². The van der Waals surface area contributed by atoms with E-state index < -0.39 is 0 Å². The number of amides is 1. The number of carbonyl (C=O) groups is 1. The fourth-order valence-corrected chi connectivity index (χ4v) is 2.07. The Morgan fingerprint density at radius 2 is 1.91 bits per heavy atom. The van der Waals surface area contributed by atoms with Crippen LogP contribution in [0.15, 0.2) is 47.1 Å². The van der Waals surface area contributed by atoms with Gasteiger partial charge in [-0.15, -0.1) is 0 Å². The number of anilines is 1. The normalized spacial score (nSPS) is 10.3. The number of methoxy groups -OCH3 is 2. The van der Waals surface area contributed by atoms with Crippen molar-refractivity contribution >= 4 is 11.6 Å². The second kappa shape index (κ2) is 6.27. The van der Waals surface area contributed by atoms with Crippen LogP contribution in [0.3, 0.4) is 0 Å². The number of hydrogen-bond donors (Lipinski definition) is 2. The molecule has 1 amide bonds. The van der Waals surface area contributed by atoms with Crippen LogP contribution in [0.4, 0.5) is 5.69 Å². The molecule has 3 rings (SSSR count). The van der Waals surface area contributed by atoms with Crippen molar-refractivity contribution in [3.63, 3.8) is 0 Å². The molecule has 3 aromatic rings. The van der Waals surface area contributed by atoms with E-state index in [0.29, 0.717) is 28.6 Å². The van der Waals surface area contributed by atoms with Gasteiger partial charge in [0.05, 0.1) is 20.5 Å². The summed E-state index contributed by atoms with van der Waals surface area (Å²) in [5.74, 6) is 1.42.